The van der Waals surface area contributed by atoms with Crippen molar-refractivity contribution in [2.24, 2.45) is 0 Å². The summed E-state index contributed by atoms with van der Waals surface area (Å²) < 4.78 is 26.8. The van der Waals surface area contributed by atoms with Gasteiger partial charge in [0.05, 0.1) is 0 Å². The molecule has 1 fully saturated rings. The van der Waals surface area contributed by atoms with E-state index in [-0.39, 0.29) is 4.75 Å². The number of hydrogen-bond donors (Lipinski definition) is 1. The Morgan fingerprint density at radius 2 is 2.21 bits per heavy atom. The van der Waals surface area contributed by atoms with Gasteiger partial charge < -0.3 is 5.32 Å². The molecule has 0 spiro atoms. The number of nitrogens with zero attached hydrogens (tertiary/aromatic N) is 4. The Kier molecular flexibility index (Phi) is 3.04. The van der Waals surface area contributed by atoms with Crippen molar-refractivity contribution in [1.29, 1.82) is 0 Å². The summed E-state index contributed by atoms with van der Waals surface area (Å²) >= 11 is 1.83. The summed E-state index contributed by atoms with van der Waals surface area (Å²) in [6.45, 7) is 0.790. The average molecular weight is 285 g/mol. The molecule has 0 saturated heterocycles. The van der Waals surface area contributed by atoms with Crippen molar-refractivity contribution in [2.75, 3.05) is 18.1 Å². The number of nitrogens with one attached hydrogen (secondary N) is 1. The van der Waals surface area contributed by atoms with Gasteiger partial charge in [-0.2, -0.15) is 16.3 Å². The van der Waals surface area contributed by atoms with Crippen molar-refractivity contribution in [3.8, 4) is 0 Å². The standard InChI is InChI=1S/C11H13F2N5S/c1-19-11(4-5-11)6-14-7-2-3-8-15-16-10(9(12)13)18(8)17-7/h2-3,9H,4-6H2,1H3,(H,14,17). The van der Waals surface area contributed by atoms with E-state index in [1.165, 1.54) is 12.8 Å². The minimum absolute atomic E-state index is 0.287. The molecule has 0 bridgehead atoms. The number of halogens is 2. The first-order valence-corrected chi connectivity index (χ1v) is 7.16. The Labute approximate surface area is 112 Å². The van der Waals surface area contributed by atoms with Crippen molar-refractivity contribution < 1.29 is 8.78 Å². The van der Waals surface area contributed by atoms with Crippen molar-refractivity contribution in [1.82, 2.24) is 19.8 Å². The van der Waals surface area contributed by atoms with Crippen LogP contribution in [0.5, 0.6) is 0 Å². The third-order valence-corrected chi connectivity index (χ3v) is 4.73. The van der Waals surface area contributed by atoms with Gasteiger partial charge in [-0.1, -0.05) is 0 Å². The van der Waals surface area contributed by atoms with Gasteiger partial charge in [-0.15, -0.1) is 15.3 Å². The molecule has 0 atom stereocenters. The molecule has 8 heteroatoms. The van der Waals surface area contributed by atoms with Gasteiger partial charge in [0.1, 0.15) is 5.82 Å². The topological polar surface area (TPSA) is 55.1 Å². The van der Waals surface area contributed by atoms with Crippen molar-refractivity contribution in [2.45, 2.75) is 24.0 Å². The third-order valence-electron chi connectivity index (χ3n) is 3.31. The van der Waals surface area contributed by atoms with Crippen LogP contribution in [0.25, 0.3) is 5.65 Å². The summed E-state index contributed by atoms with van der Waals surface area (Å²) in [7, 11) is 0. The van der Waals surface area contributed by atoms with Gasteiger partial charge in [0.15, 0.2) is 5.65 Å². The van der Waals surface area contributed by atoms with E-state index in [9.17, 15) is 8.78 Å². The minimum Gasteiger partial charge on any atom is -0.367 e. The monoisotopic (exact) mass is 285 g/mol. The van der Waals surface area contributed by atoms with Crippen LogP contribution in [0.1, 0.15) is 25.1 Å². The van der Waals surface area contributed by atoms with Gasteiger partial charge >= 0.3 is 0 Å². The van der Waals surface area contributed by atoms with E-state index in [1.54, 1.807) is 12.1 Å². The molecule has 0 unspecified atom stereocenters. The zero-order valence-corrected chi connectivity index (χ0v) is 11.1. The van der Waals surface area contributed by atoms with Crippen LogP contribution in [0.3, 0.4) is 0 Å². The lowest BCUT2D eigenvalue weighted by atomic mass is 10.4. The number of alkyl halides is 2. The Hall–Kier alpha value is -1.44. The van der Waals surface area contributed by atoms with E-state index >= 15 is 0 Å². The maximum atomic E-state index is 12.7. The van der Waals surface area contributed by atoms with Gasteiger partial charge in [-0.25, -0.2) is 8.78 Å². The first-order chi connectivity index (χ1) is 9.13. The van der Waals surface area contributed by atoms with Crippen molar-refractivity contribution >= 4 is 23.2 Å². The molecule has 102 valence electrons. The van der Waals surface area contributed by atoms with E-state index in [0.29, 0.717) is 11.5 Å². The predicted octanol–water partition coefficient (Wildman–Crippen LogP) is 2.37. The molecule has 0 aliphatic heterocycles. The Morgan fingerprint density at radius 3 is 2.84 bits per heavy atom. The summed E-state index contributed by atoms with van der Waals surface area (Å²) in [5, 5.41) is 14.4. The highest BCUT2D eigenvalue weighted by Gasteiger charge is 2.41. The normalized spacial score (nSPS) is 17.1. The van der Waals surface area contributed by atoms with Crippen LogP contribution in [0.4, 0.5) is 14.6 Å². The zero-order chi connectivity index (χ0) is 13.5. The fraction of sp³-hybridized carbons (Fsp3) is 0.545. The Balaban J connectivity index is 1.82. The van der Waals surface area contributed by atoms with Crippen LogP contribution in [-0.4, -0.2) is 37.4 Å². The summed E-state index contributed by atoms with van der Waals surface area (Å²) in [5.41, 5.74) is 0.326. The second kappa shape index (κ2) is 4.59. The first-order valence-electron chi connectivity index (χ1n) is 5.93. The number of thioether (sulfide) groups is 1. The van der Waals surface area contributed by atoms with E-state index in [1.807, 2.05) is 11.8 Å². The molecular weight excluding hydrogens is 272 g/mol. The molecule has 0 aromatic carbocycles. The molecule has 1 N–H and O–H groups in total. The zero-order valence-electron chi connectivity index (χ0n) is 10.3. The van der Waals surface area contributed by atoms with Crippen LogP contribution < -0.4 is 5.32 Å². The van der Waals surface area contributed by atoms with Crippen LogP contribution in [0.15, 0.2) is 12.1 Å². The van der Waals surface area contributed by atoms with Crippen LogP contribution >= 0.6 is 11.8 Å². The molecule has 2 aromatic heterocycles. The highest BCUT2D eigenvalue weighted by Crippen LogP contribution is 2.46. The molecule has 1 saturated carbocycles. The van der Waals surface area contributed by atoms with Gasteiger partial charge in [0.2, 0.25) is 5.82 Å². The SMILES string of the molecule is CSC1(CNc2ccc3nnc(C(F)F)n3n2)CC1. The first kappa shape index (κ1) is 12.6. The Morgan fingerprint density at radius 1 is 1.42 bits per heavy atom. The molecule has 2 aromatic rings. The molecule has 0 radical (unpaired) electrons. The van der Waals surface area contributed by atoms with Crippen LogP contribution in [-0.2, 0) is 0 Å². The van der Waals surface area contributed by atoms with Crippen LogP contribution in [0, 0.1) is 0 Å². The number of rotatable bonds is 5. The quantitative estimate of drug-likeness (QED) is 0.914. The largest absolute Gasteiger partial charge is 0.367 e. The number of anilines is 1. The second-order valence-electron chi connectivity index (χ2n) is 4.59. The van der Waals surface area contributed by atoms with Gasteiger partial charge in [0, 0.05) is 11.3 Å². The Bertz CT molecular complexity index is 596. The molecule has 3 rings (SSSR count). The summed E-state index contributed by atoms with van der Waals surface area (Å²) in [5.74, 6) is 0.138. The lowest BCUT2D eigenvalue weighted by Crippen LogP contribution is -2.18. The molecule has 5 nitrogen and oxygen atoms in total. The van der Waals surface area contributed by atoms with Gasteiger partial charge in [0.25, 0.3) is 6.43 Å². The van der Waals surface area contributed by atoms with Gasteiger partial charge in [-0.05, 0) is 31.2 Å². The van der Waals surface area contributed by atoms with Crippen molar-refractivity contribution in [3.05, 3.63) is 18.0 Å². The fourth-order valence-electron chi connectivity index (χ4n) is 1.88. The summed E-state index contributed by atoms with van der Waals surface area (Å²) in [6, 6.07) is 3.36. The van der Waals surface area contributed by atoms with E-state index < -0.39 is 12.2 Å². The fourth-order valence-corrected chi connectivity index (χ4v) is 2.61. The summed E-state index contributed by atoms with van der Waals surface area (Å²) in [6.07, 6.45) is 1.76. The maximum Gasteiger partial charge on any atom is 0.299 e. The lowest BCUT2D eigenvalue weighted by Gasteiger charge is -2.13. The molecule has 0 amide bonds. The predicted molar refractivity (Wildman–Crippen MR) is 69.7 cm³/mol. The van der Waals surface area contributed by atoms with Gasteiger partial charge in [-0.3, -0.25) is 0 Å². The van der Waals surface area contributed by atoms with E-state index in [0.717, 1.165) is 11.1 Å². The highest BCUT2D eigenvalue weighted by atomic mass is 32.2. The average Bonchev–Trinajstić information content (AvgIpc) is 3.07. The molecule has 1 aliphatic rings. The molecule has 2 heterocycles. The smallest absolute Gasteiger partial charge is 0.299 e. The second-order valence-corrected chi connectivity index (χ2v) is 5.86. The lowest BCUT2D eigenvalue weighted by molar-refractivity contribution is 0.137. The van der Waals surface area contributed by atoms with E-state index in [2.05, 4.69) is 26.9 Å². The maximum absolute atomic E-state index is 12.7. The molecule has 1 aliphatic carbocycles. The van der Waals surface area contributed by atoms with Crippen molar-refractivity contribution in [3.63, 3.8) is 0 Å². The highest BCUT2D eigenvalue weighted by molar-refractivity contribution is 8.00. The number of aromatic nitrogens is 4. The van der Waals surface area contributed by atoms with Crippen LogP contribution in [0.2, 0.25) is 0 Å². The third kappa shape index (κ3) is 2.36. The number of hydrogen-bond acceptors (Lipinski definition) is 5. The summed E-state index contributed by atoms with van der Waals surface area (Å²) in [4.78, 5) is 0. The molecular formula is C11H13F2N5S. The minimum atomic E-state index is -2.68. The molecule has 19 heavy (non-hydrogen) atoms. The number of fused-ring (bicyclic) bond motifs is 1. The van der Waals surface area contributed by atoms with E-state index in [4.69, 9.17) is 0 Å².